The lowest BCUT2D eigenvalue weighted by Gasteiger charge is -2.08. The summed E-state index contributed by atoms with van der Waals surface area (Å²) < 4.78 is 6.40. The van der Waals surface area contributed by atoms with E-state index in [2.05, 4.69) is 35.1 Å². The number of rotatable bonds is 4. The highest BCUT2D eigenvalue weighted by Gasteiger charge is 2.02. The van der Waals surface area contributed by atoms with E-state index in [0.29, 0.717) is 23.1 Å². The smallest absolute Gasteiger partial charge is 0.139 e. The summed E-state index contributed by atoms with van der Waals surface area (Å²) in [5, 5.41) is 0.597. The number of halogens is 2. The van der Waals surface area contributed by atoms with Crippen molar-refractivity contribution in [2.45, 2.75) is 0 Å². The molecule has 1 aromatic carbocycles. The Morgan fingerprint density at radius 1 is 1.57 bits per heavy atom. The molecule has 0 saturated heterocycles. The molecule has 0 unspecified atom stereocenters. The highest BCUT2D eigenvalue weighted by Crippen LogP contribution is 2.28. The Kier molecular flexibility index (Phi) is 4.85. The fraction of sp³-hybridized carbons (Fsp3) is 0.200. The monoisotopic (exact) mass is 292 g/mol. The fourth-order valence-corrected chi connectivity index (χ4v) is 1.42. The molecule has 0 aliphatic heterocycles. The molecule has 76 valence electrons. The first-order chi connectivity index (χ1) is 6.63. The summed E-state index contributed by atoms with van der Waals surface area (Å²) >= 11 is 13.4. The number of hydrogen-bond acceptors (Lipinski definition) is 2. The van der Waals surface area contributed by atoms with E-state index >= 15 is 0 Å². The van der Waals surface area contributed by atoms with Crippen LogP contribution in [0, 0.1) is 0 Å². The number of hydrogen-bond donors (Lipinski definition) is 1. The van der Waals surface area contributed by atoms with Crippen molar-refractivity contribution in [2.75, 3.05) is 12.4 Å². The molecular weight excluding hydrogens is 284 g/mol. The molecule has 0 spiro atoms. The highest BCUT2D eigenvalue weighted by molar-refractivity contribution is 9.10. The van der Waals surface area contributed by atoms with Gasteiger partial charge in [0.05, 0.1) is 5.02 Å². The van der Waals surface area contributed by atoms with Crippen LogP contribution in [0.1, 0.15) is 0 Å². The van der Waals surface area contributed by atoms with Crippen molar-refractivity contribution in [1.29, 1.82) is 0 Å². The molecule has 14 heavy (non-hydrogen) atoms. The van der Waals surface area contributed by atoms with E-state index in [9.17, 15) is 0 Å². The lowest BCUT2D eigenvalue weighted by molar-refractivity contribution is 0.353. The van der Waals surface area contributed by atoms with Crippen molar-refractivity contribution in [1.82, 2.24) is 0 Å². The molecule has 0 amide bonds. The van der Waals surface area contributed by atoms with Crippen LogP contribution in [0.3, 0.4) is 0 Å². The van der Waals surface area contributed by atoms with Gasteiger partial charge in [-0.15, -0.1) is 0 Å². The third kappa shape index (κ3) is 3.56. The average Bonchev–Trinajstić information content (AvgIpc) is 2.19. The van der Waals surface area contributed by atoms with Crippen molar-refractivity contribution >= 4 is 40.2 Å². The Labute approximate surface area is 103 Å². The first-order valence-corrected chi connectivity index (χ1v) is 5.79. The Morgan fingerprint density at radius 3 is 2.93 bits per heavy atom. The van der Waals surface area contributed by atoms with Crippen LogP contribution in [-0.4, -0.2) is 12.4 Å². The molecule has 0 bridgehead atoms. The number of ether oxygens (including phenoxy) is 1. The Bertz CT molecular complexity index is 341. The maximum absolute atomic E-state index is 5.93. The molecule has 1 nitrogen and oxygen atoms in total. The molecule has 0 aromatic heterocycles. The maximum atomic E-state index is 5.93. The normalized spacial score (nSPS) is 9.93. The molecule has 0 fully saturated rings. The third-order valence-electron chi connectivity index (χ3n) is 1.55. The third-order valence-corrected chi connectivity index (χ3v) is 2.80. The molecule has 0 radical (unpaired) electrons. The van der Waals surface area contributed by atoms with Gasteiger partial charge in [-0.1, -0.05) is 34.1 Å². The molecular formula is C10H10BrClOS. The second-order valence-electron chi connectivity index (χ2n) is 2.77. The largest absolute Gasteiger partial charge is 0.488 e. The molecule has 0 aliphatic carbocycles. The van der Waals surface area contributed by atoms with Gasteiger partial charge >= 0.3 is 0 Å². The zero-order chi connectivity index (χ0) is 10.6. The quantitative estimate of drug-likeness (QED) is 0.653. The molecule has 1 rings (SSSR count). The van der Waals surface area contributed by atoms with Crippen LogP contribution in [-0.2, 0) is 0 Å². The molecule has 4 heteroatoms. The molecule has 1 aromatic rings. The van der Waals surface area contributed by atoms with E-state index in [1.165, 1.54) is 0 Å². The van der Waals surface area contributed by atoms with E-state index < -0.39 is 0 Å². The van der Waals surface area contributed by atoms with Crippen LogP contribution in [0.2, 0.25) is 5.02 Å². The van der Waals surface area contributed by atoms with Crippen LogP contribution in [0.4, 0.5) is 0 Å². The van der Waals surface area contributed by atoms with E-state index in [-0.39, 0.29) is 0 Å². The first kappa shape index (κ1) is 12.0. The Morgan fingerprint density at radius 2 is 2.29 bits per heavy atom. The summed E-state index contributed by atoms with van der Waals surface area (Å²) in [6.45, 7) is 4.23. The second kappa shape index (κ2) is 5.69. The zero-order valence-electron chi connectivity index (χ0n) is 7.46. The Balaban J connectivity index is 2.66. The van der Waals surface area contributed by atoms with Gasteiger partial charge in [0.1, 0.15) is 12.4 Å². The topological polar surface area (TPSA) is 9.23 Å². The van der Waals surface area contributed by atoms with E-state index in [1.807, 2.05) is 12.1 Å². The minimum absolute atomic E-state index is 0.444. The van der Waals surface area contributed by atoms with E-state index in [4.69, 9.17) is 16.3 Å². The van der Waals surface area contributed by atoms with Gasteiger partial charge in [-0.25, -0.2) is 0 Å². The summed E-state index contributed by atoms with van der Waals surface area (Å²) in [7, 11) is 0. The predicted octanol–water partition coefficient (Wildman–Crippen LogP) is 3.97. The average molecular weight is 294 g/mol. The van der Waals surface area contributed by atoms with Crippen molar-refractivity contribution < 1.29 is 4.74 Å². The minimum atomic E-state index is 0.444. The standard InChI is InChI=1S/C10H10BrClOS/c1-7(6-14)5-13-10-4-8(11)2-3-9(10)12/h2-4,14H,1,5-6H2. The molecule has 0 N–H and O–H groups in total. The van der Waals surface area contributed by atoms with Crippen molar-refractivity contribution in [2.24, 2.45) is 0 Å². The van der Waals surface area contributed by atoms with Crippen LogP contribution in [0.5, 0.6) is 5.75 Å². The summed E-state index contributed by atoms with van der Waals surface area (Å²) in [6.07, 6.45) is 0. The maximum Gasteiger partial charge on any atom is 0.139 e. The lowest BCUT2D eigenvalue weighted by Crippen LogP contribution is -2.01. The zero-order valence-corrected chi connectivity index (χ0v) is 10.7. The fourth-order valence-electron chi connectivity index (χ4n) is 0.813. The van der Waals surface area contributed by atoms with Crippen molar-refractivity contribution in [3.8, 4) is 5.75 Å². The van der Waals surface area contributed by atoms with Gasteiger partial charge in [-0.2, -0.15) is 12.6 Å². The molecule has 0 aliphatic rings. The van der Waals surface area contributed by atoms with Crippen molar-refractivity contribution in [3.05, 3.63) is 39.8 Å². The number of benzene rings is 1. The van der Waals surface area contributed by atoms with Crippen LogP contribution in [0.25, 0.3) is 0 Å². The molecule has 0 saturated carbocycles. The summed E-state index contributed by atoms with van der Waals surface area (Å²) in [5.41, 5.74) is 0.921. The van der Waals surface area contributed by atoms with Crippen molar-refractivity contribution in [3.63, 3.8) is 0 Å². The van der Waals surface area contributed by atoms with Gasteiger partial charge < -0.3 is 4.74 Å². The highest BCUT2D eigenvalue weighted by atomic mass is 79.9. The van der Waals surface area contributed by atoms with Crippen LogP contribution >= 0.6 is 40.2 Å². The van der Waals surface area contributed by atoms with Crippen LogP contribution in [0.15, 0.2) is 34.8 Å². The predicted molar refractivity (Wildman–Crippen MR) is 67.6 cm³/mol. The SMILES string of the molecule is C=C(CS)COc1cc(Br)ccc1Cl. The van der Waals surface area contributed by atoms with E-state index in [0.717, 1.165) is 10.0 Å². The first-order valence-electron chi connectivity index (χ1n) is 3.99. The van der Waals surface area contributed by atoms with Gasteiger partial charge in [0.15, 0.2) is 0 Å². The number of thiol groups is 1. The summed E-state index contributed by atoms with van der Waals surface area (Å²) in [5.74, 6) is 1.27. The van der Waals surface area contributed by atoms with Gasteiger partial charge in [-0.05, 0) is 23.8 Å². The van der Waals surface area contributed by atoms with Crippen LogP contribution < -0.4 is 4.74 Å². The molecule has 0 heterocycles. The Hall–Kier alpha value is -0.120. The van der Waals surface area contributed by atoms with Gasteiger partial charge in [0, 0.05) is 10.2 Å². The lowest BCUT2D eigenvalue weighted by atomic mass is 10.3. The molecule has 0 atom stereocenters. The second-order valence-corrected chi connectivity index (χ2v) is 4.41. The van der Waals surface area contributed by atoms with Gasteiger partial charge in [0.25, 0.3) is 0 Å². The summed E-state index contributed by atoms with van der Waals surface area (Å²) in [4.78, 5) is 0. The van der Waals surface area contributed by atoms with Gasteiger partial charge in [-0.3, -0.25) is 0 Å². The van der Waals surface area contributed by atoms with Gasteiger partial charge in [0.2, 0.25) is 0 Å². The minimum Gasteiger partial charge on any atom is -0.488 e. The van der Waals surface area contributed by atoms with E-state index in [1.54, 1.807) is 6.07 Å². The summed E-state index contributed by atoms with van der Waals surface area (Å²) in [6, 6.07) is 5.47.